The molecule has 1 saturated carbocycles. The molecule has 1 aromatic heterocycles. The van der Waals surface area contributed by atoms with Gasteiger partial charge in [0.25, 0.3) is 5.69 Å². The van der Waals surface area contributed by atoms with Crippen molar-refractivity contribution in [1.82, 2.24) is 20.1 Å². The van der Waals surface area contributed by atoms with Crippen molar-refractivity contribution in [1.29, 1.82) is 0 Å². The number of carbonyl (C=O) groups excluding carboxylic acids is 1. The molecular weight excluding hydrogens is 511 g/mol. The van der Waals surface area contributed by atoms with Crippen LogP contribution in [0.2, 0.25) is 25.7 Å². The van der Waals surface area contributed by atoms with Gasteiger partial charge in [-0.2, -0.15) is 0 Å². The van der Waals surface area contributed by atoms with Gasteiger partial charge in [-0.3, -0.25) is 10.1 Å². The summed E-state index contributed by atoms with van der Waals surface area (Å²) >= 11 is 0. The maximum atomic E-state index is 15.7. The molecule has 1 aromatic carbocycles. The summed E-state index contributed by atoms with van der Waals surface area (Å²) in [4.78, 5) is 27.5. The summed E-state index contributed by atoms with van der Waals surface area (Å²) in [6.07, 6.45) is 3.58. The third-order valence-electron chi connectivity index (χ3n) is 6.06. The molecular formula is C25H39FN6O5Si. The standard InChI is InChI=1S/C25H39FN6O5Si/c1-25(2,3)37-24(33)29-18-9-7-8-17(14-18)28-22-20(32(34)35)11-10-19(21(22)26)23-27-15-31(30-23)16-36-12-13-38(4,5)6/h10-11,15,17-18,28H,7-9,12-14,16H2,1-6H3,(H,29,33)/t17-,18+/m1/s1. The second-order valence-electron chi connectivity index (χ2n) is 11.9. The van der Waals surface area contributed by atoms with Crippen LogP contribution in [0.4, 0.5) is 20.6 Å². The fourth-order valence-corrected chi connectivity index (χ4v) is 4.93. The molecule has 11 nitrogen and oxygen atoms in total. The zero-order chi connectivity index (χ0) is 28.1. The molecule has 13 heteroatoms. The first-order chi connectivity index (χ1) is 17.7. The van der Waals surface area contributed by atoms with Crippen LogP contribution in [-0.4, -0.2) is 58.1 Å². The molecule has 0 radical (unpaired) electrons. The molecule has 3 rings (SSSR count). The van der Waals surface area contributed by atoms with E-state index in [2.05, 4.69) is 40.4 Å². The summed E-state index contributed by atoms with van der Waals surface area (Å²) in [5, 5.41) is 21.9. The van der Waals surface area contributed by atoms with Crippen LogP contribution in [-0.2, 0) is 16.2 Å². The van der Waals surface area contributed by atoms with Crippen LogP contribution in [0.3, 0.4) is 0 Å². The molecule has 1 heterocycles. The first kappa shape index (κ1) is 29.5. The van der Waals surface area contributed by atoms with Crippen molar-refractivity contribution in [2.24, 2.45) is 0 Å². The van der Waals surface area contributed by atoms with Gasteiger partial charge in [-0.05, 0) is 58.6 Å². The minimum atomic E-state index is -1.22. The SMILES string of the molecule is CC(C)(C)OC(=O)N[C@H]1CCC[C@@H](Nc2c([N+](=O)[O-])ccc(-c3ncn(COCC[Si](C)(C)C)n3)c2F)C1. The number of ether oxygens (including phenoxy) is 2. The number of benzene rings is 1. The summed E-state index contributed by atoms with van der Waals surface area (Å²) < 4.78 is 28.2. The molecule has 0 saturated heterocycles. The number of nitro benzene ring substituents is 1. The number of nitrogens with zero attached hydrogens (tertiary/aromatic N) is 4. The van der Waals surface area contributed by atoms with Crippen LogP contribution in [0.1, 0.15) is 46.5 Å². The summed E-state index contributed by atoms with van der Waals surface area (Å²) in [6.45, 7) is 12.9. The smallest absolute Gasteiger partial charge is 0.407 e. The highest BCUT2D eigenvalue weighted by atomic mass is 28.3. The average Bonchev–Trinajstić information content (AvgIpc) is 3.25. The highest BCUT2D eigenvalue weighted by Crippen LogP contribution is 2.35. The number of hydrogen-bond acceptors (Lipinski definition) is 8. The molecule has 0 unspecified atom stereocenters. The van der Waals surface area contributed by atoms with E-state index in [0.717, 1.165) is 18.9 Å². The van der Waals surface area contributed by atoms with Gasteiger partial charge in [-0.1, -0.05) is 19.6 Å². The van der Waals surface area contributed by atoms with Gasteiger partial charge in [0.2, 0.25) is 0 Å². The predicted octanol–water partition coefficient (Wildman–Crippen LogP) is 5.55. The summed E-state index contributed by atoms with van der Waals surface area (Å²) in [5.41, 5.74) is -1.15. The number of carbonyl (C=O) groups is 1. The van der Waals surface area contributed by atoms with Gasteiger partial charge in [-0.15, -0.1) is 5.10 Å². The maximum absolute atomic E-state index is 15.7. The van der Waals surface area contributed by atoms with Crippen molar-refractivity contribution in [3.8, 4) is 11.4 Å². The molecule has 2 aromatic rings. The van der Waals surface area contributed by atoms with Crippen molar-refractivity contribution in [3.05, 3.63) is 34.4 Å². The zero-order valence-electron chi connectivity index (χ0n) is 23.0. The van der Waals surface area contributed by atoms with E-state index in [9.17, 15) is 14.9 Å². The third-order valence-corrected chi connectivity index (χ3v) is 7.76. The second kappa shape index (κ2) is 12.2. The van der Waals surface area contributed by atoms with Crippen molar-refractivity contribution in [2.75, 3.05) is 11.9 Å². The minimum absolute atomic E-state index is 0.0539. The van der Waals surface area contributed by atoms with Crippen LogP contribution in [0.5, 0.6) is 0 Å². The number of aromatic nitrogens is 3. The Labute approximate surface area is 223 Å². The Bertz CT molecular complexity index is 1130. The first-order valence-corrected chi connectivity index (χ1v) is 16.6. The number of nitro groups is 1. The molecule has 2 atom stereocenters. The highest BCUT2D eigenvalue weighted by molar-refractivity contribution is 6.76. The number of hydrogen-bond donors (Lipinski definition) is 2. The van der Waals surface area contributed by atoms with E-state index >= 15 is 4.39 Å². The fraction of sp³-hybridized carbons (Fsp3) is 0.640. The Morgan fingerprint density at radius 1 is 1.26 bits per heavy atom. The fourth-order valence-electron chi connectivity index (χ4n) is 4.18. The van der Waals surface area contributed by atoms with Crippen LogP contribution in [0.15, 0.2) is 18.5 Å². The quantitative estimate of drug-likeness (QED) is 0.170. The molecule has 2 N–H and O–H groups in total. The number of anilines is 1. The van der Waals surface area contributed by atoms with E-state index in [1.165, 1.54) is 23.1 Å². The molecule has 1 aliphatic carbocycles. The second-order valence-corrected chi connectivity index (χ2v) is 17.5. The van der Waals surface area contributed by atoms with Crippen molar-refractivity contribution in [3.63, 3.8) is 0 Å². The van der Waals surface area contributed by atoms with E-state index in [-0.39, 0.29) is 41.6 Å². The number of rotatable bonds is 10. The van der Waals surface area contributed by atoms with Crippen molar-refractivity contribution < 1.29 is 23.6 Å². The van der Waals surface area contributed by atoms with E-state index in [4.69, 9.17) is 9.47 Å². The molecule has 0 bridgehead atoms. The highest BCUT2D eigenvalue weighted by Gasteiger charge is 2.30. The summed E-state index contributed by atoms with van der Waals surface area (Å²) in [5.74, 6) is -0.679. The number of nitrogens with one attached hydrogen (secondary N) is 2. The number of alkyl carbamates (subject to hydrolysis) is 1. The predicted molar refractivity (Wildman–Crippen MR) is 145 cm³/mol. The number of halogens is 1. The van der Waals surface area contributed by atoms with Gasteiger partial charge in [0.05, 0.1) is 10.5 Å². The number of amides is 1. The lowest BCUT2D eigenvalue weighted by Crippen LogP contribution is -2.44. The van der Waals surface area contributed by atoms with Gasteiger partial charge in [0, 0.05) is 32.8 Å². The summed E-state index contributed by atoms with van der Waals surface area (Å²) in [6, 6.07) is 3.11. The topological polar surface area (TPSA) is 133 Å². The van der Waals surface area contributed by atoms with Gasteiger partial charge in [0.15, 0.2) is 17.3 Å². The largest absolute Gasteiger partial charge is 0.444 e. The lowest BCUT2D eigenvalue weighted by molar-refractivity contribution is -0.384. The lowest BCUT2D eigenvalue weighted by atomic mass is 9.90. The molecule has 0 spiro atoms. The molecule has 210 valence electrons. The summed E-state index contributed by atoms with van der Waals surface area (Å²) in [7, 11) is -1.22. The molecule has 0 aliphatic heterocycles. The Morgan fingerprint density at radius 3 is 2.63 bits per heavy atom. The first-order valence-electron chi connectivity index (χ1n) is 12.9. The van der Waals surface area contributed by atoms with Crippen LogP contribution < -0.4 is 10.6 Å². The Balaban J connectivity index is 1.72. The van der Waals surface area contributed by atoms with E-state index < -0.39 is 30.5 Å². The lowest BCUT2D eigenvalue weighted by Gasteiger charge is -2.31. The van der Waals surface area contributed by atoms with E-state index in [0.29, 0.717) is 19.4 Å². The monoisotopic (exact) mass is 550 g/mol. The van der Waals surface area contributed by atoms with Gasteiger partial charge < -0.3 is 20.1 Å². The van der Waals surface area contributed by atoms with Crippen LogP contribution >= 0.6 is 0 Å². The van der Waals surface area contributed by atoms with Crippen LogP contribution in [0, 0.1) is 15.9 Å². The van der Waals surface area contributed by atoms with Gasteiger partial charge in [0.1, 0.15) is 18.7 Å². The Hall–Kier alpha value is -3.06. The molecule has 1 aliphatic rings. The molecule has 1 amide bonds. The van der Waals surface area contributed by atoms with E-state index in [1.807, 2.05) is 0 Å². The van der Waals surface area contributed by atoms with Crippen molar-refractivity contribution >= 4 is 25.5 Å². The van der Waals surface area contributed by atoms with E-state index in [1.54, 1.807) is 20.8 Å². The molecule has 1 fully saturated rings. The van der Waals surface area contributed by atoms with Crippen LogP contribution in [0.25, 0.3) is 11.4 Å². The van der Waals surface area contributed by atoms with Gasteiger partial charge >= 0.3 is 6.09 Å². The van der Waals surface area contributed by atoms with Gasteiger partial charge in [-0.25, -0.2) is 18.9 Å². The molecule has 38 heavy (non-hydrogen) atoms. The Morgan fingerprint density at radius 2 is 1.97 bits per heavy atom. The third kappa shape index (κ3) is 8.76. The average molecular weight is 551 g/mol. The Kier molecular flexibility index (Phi) is 9.47. The minimum Gasteiger partial charge on any atom is -0.444 e. The maximum Gasteiger partial charge on any atom is 0.407 e. The van der Waals surface area contributed by atoms with Crippen molar-refractivity contribution in [2.45, 2.75) is 96.6 Å². The zero-order valence-corrected chi connectivity index (χ0v) is 24.0. The normalized spacial score (nSPS) is 18.2.